The summed E-state index contributed by atoms with van der Waals surface area (Å²) in [6.45, 7) is 0. The van der Waals surface area contributed by atoms with Gasteiger partial charge in [-0.05, 0) is 0 Å². The topological polar surface area (TPSA) is 172 Å². The van der Waals surface area contributed by atoms with Gasteiger partial charge in [0.2, 0.25) is 0 Å². The summed E-state index contributed by atoms with van der Waals surface area (Å²) in [6.07, 6.45) is 0. The molecule has 0 N–H and O–H groups in total. The Morgan fingerprint density at radius 1 is 0.692 bits per heavy atom. The molecule has 0 aromatic carbocycles. The molecule has 70 valence electrons. The van der Waals surface area contributed by atoms with Crippen LogP contribution in [0.2, 0.25) is 0 Å². The van der Waals surface area contributed by atoms with E-state index in [0.29, 0.717) is 0 Å². The Morgan fingerprint density at radius 2 is 0.692 bits per heavy atom. The van der Waals surface area contributed by atoms with Crippen LogP contribution in [0.5, 0.6) is 0 Å². The normalized spacial score (nSPS) is 9.08. The van der Waals surface area contributed by atoms with Crippen molar-refractivity contribution >= 4 is 15.6 Å². The molecule has 0 atom stereocenters. The predicted molar refractivity (Wildman–Crippen MR) is 15.2 cm³/mol. The van der Waals surface area contributed by atoms with E-state index in [4.69, 9.17) is 38.5 Å². The fourth-order valence-corrected chi connectivity index (χ4v) is 0. The fraction of sp³-hybridized carbons (Fsp3) is 0. The minimum Gasteiger partial charge on any atom is -0.822 e. The van der Waals surface area contributed by atoms with Gasteiger partial charge in [0.1, 0.15) is 0 Å². The van der Waals surface area contributed by atoms with Crippen molar-refractivity contribution < 1.29 is 107 Å². The zero-order valence-corrected chi connectivity index (χ0v) is 11.8. The van der Waals surface area contributed by atoms with Crippen molar-refractivity contribution in [2.45, 2.75) is 0 Å². The van der Waals surface area contributed by atoms with E-state index in [2.05, 4.69) is 0 Å². The summed E-state index contributed by atoms with van der Waals surface area (Å²) in [5.74, 6) is 0. The van der Waals surface area contributed by atoms with E-state index < -0.39 is 15.6 Å². The van der Waals surface area contributed by atoms with Gasteiger partial charge in [0, 0.05) is 0 Å². The fourth-order valence-electron chi connectivity index (χ4n) is 0. The second-order valence-corrected chi connectivity index (χ2v) is 2.68. The minimum atomic E-state index is -5.39. The van der Waals surface area contributed by atoms with Crippen LogP contribution in [0.4, 0.5) is 0 Å². The van der Waals surface area contributed by atoms with Crippen LogP contribution in [0.3, 0.4) is 0 Å². The molecule has 0 heterocycles. The maximum atomic E-state index is 8.55. The van der Waals surface area contributed by atoms with Crippen molar-refractivity contribution in [1.29, 1.82) is 0 Å². The number of hydrogen-bond donors (Lipinski definition) is 0. The second-order valence-electron chi connectivity index (χ2n) is 0.894. The van der Waals surface area contributed by atoms with E-state index in [-0.39, 0.29) is 68.6 Å². The molecular formula is FeLiO8P2Y. The van der Waals surface area contributed by atoms with Gasteiger partial charge < -0.3 is 38.5 Å². The molecule has 8 nitrogen and oxygen atoms in total. The molecule has 0 aromatic heterocycles. The van der Waals surface area contributed by atoms with E-state index >= 15 is 0 Å². The molecule has 0 bridgehead atoms. The van der Waals surface area contributed by atoms with Crippen LogP contribution < -0.4 is 48.2 Å². The van der Waals surface area contributed by atoms with Gasteiger partial charge in [-0.1, -0.05) is 0 Å². The molecule has 0 amide bonds. The first-order valence-electron chi connectivity index (χ1n) is 1.46. The quantitative estimate of drug-likeness (QED) is 0.308. The molecule has 0 radical (unpaired) electrons. The third-order valence-corrected chi connectivity index (χ3v) is 0. The van der Waals surface area contributed by atoms with Crippen LogP contribution in [0.15, 0.2) is 0 Å². The summed E-state index contributed by atoms with van der Waals surface area (Å²) >= 11 is 0. The third kappa shape index (κ3) is 375. The molecule has 0 fully saturated rings. The first-order chi connectivity index (χ1) is 4.00. The molecular weight excluding hydrogens is 342 g/mol. The third-order valence-electron chi connectivity index (χ3n) is 0. The van der Waals surface area contributed by atoms with Crippen molar-refractivity contribution in [1.82, 2.24) is 0 Å². The molecule has 0 aromatic rings. The van der Waals surface area contributed by atoms with Gasteiger partial charge in [0.25, 0.3) is 0 Å². The Labute approximate surface area is 122 Å². The Hall–Kier alpha value is 2.44. The van der Waals surface area contributed by atoms with E-state index in [1.165, 1.54) is 0 Å². The smallest absolute Gasteiger partial charge is 0.822 e. The van der Waals surface area contributed by atoms with Crippen LogP contribution >= 0.6 is 15.6 Å². The Kier molecular flexibility index (Phi) is 28.4. The maximum Gasteiger partial charge on any atom is 3.00 e. The minimum absolute atomic E-state index is 0. The SMILES string of the molecule is O=P([O-])([O-])[O-].O=P([O-])([O-])[O-].[Fe+2].[Li+].[Y+3]. The van der Waals surface area contributed by atoms with E-state index in [1.807, 2.05) is 0 Å². The monoisotopic (exact) mass is 342 g/mol. The summed E-state index contributed by atoms with van der Waals surface area (Å²) in [4.78, 5) is 51.3. The van der Waals surface area contributed by atoms with Crippen LogP contribution in [0.1, 0.15) is 0 Å². The largest absolute Gasteiger partial charge is 3.00 e. The molecule has 13 heteroatoms. The second kappa shape index (κ2) is 12.5. The zero-order valence-electron chi connectivity index (χ0n) is 6.09. The number of phosphoric acid groups is 2. The molecule has 0 rings (SSSR count). The molecule has 0 aliphatic rings. The zero-order chi connectivity index (χ0) is 9.00. The summed E-state index contributed by atoms with van der Waals surface area (Å²) < 4.78 is 17.1. The maximum absolute atomic E-state index is 8.55. The van der Waals surface area contributed by atoms with E-state index in [0.717, 1.165) is 0 Å². The predicted octanol–water partition coefficient (Wildman–Crippen LogP) is -8.65. The average Bonchev–Trinajstić information content (AvgIpc) is 1.12. The van der Waals surface area contributed by atoms with E-state index in [1.54, 1.807) is 0 Å². The van der Waals surface area contributed by atoms with Crippen LogP contribution in [0.25, 0.3) is 0 Å². The molecule has 0 spiro atoms. The van der Waals surface area contributed by atoms with E-state index in [9.17, 15) is 0 Å². The van der Waals surface area contributed by atoms with Crippen molar-refractivity contribution in [3.8, 4) is 0 Å². The molecule has 0 saturated heterocycles. The summed E-state index contributed by atoms with van der Waals surface area (Å²) in [5, 5.41) is 0. The molecule has 0 aliphatic heterocycles. The average molecular weight is 342 g/mol. The van der Waals surface area contributed by atoms with Gasteiger partial charge in [-0.15, -0.1) is 0 Å². The molecule has 0 unspecified atom stereocenters. The summed E-state index contributed by atoms with van der Waals surface area (Å²) in [5.41, 5.74) is 0. The van der Waals surface area contributed by atoms with Gasteiger partial charge in [-0.3, -0.25) is 0 Å². The summed E-state index contributed by atoms with van der Waals surface area (Å²) in [6, 6.07) is 0. The van der Waals surface area contributed by atoms with Crippen molar-refractivity contribution in [3.05, 3.63) is 0 Å². The number of hydrogen-bond acceptors (Lipinski definition) is 8. The molecule has 0 saturated carbocycles. The first-order valence-corrected chi connectivity index (χ1v) is 4.38. The van der Waals surface area contributed by atoms with Crippen molar-refractivity contribution in [2.24, 2.45) is 0 Å². The molecule has 13 heavy (non-hydrogen) atoms. The van der Waals surface area contributed by atoms with Gasteiger partial charge >= 0.3 is 68.6 Å². The van der Waals surface area contributed by atoms with Crippen molar-refractivity contribution in [2.75, 3.05) is 0 Å². The Balaban J connectivity index is -0.0000000267. The van der Waals surface area contributed by atoms with Gasteiger partial charge in [0.05, 0.1) is 0 Å². The van der Waals surface area contributed by atoms with Gasteiger partial charge in [-0.2, -0.15) is 15.6 Å². The number of rotatable bonds is 0. The van der Waals surface area contributed by atoms with Crippen molar-refractivity contribution in [3.63, 3.8) is 0 Å². The Morgan fingerprint density at radius 3 is 0.692 bits per heavy atom. The van der Waals surface area contributed by atoms with Crippen LogP contribution in [0, 0.1) is 0 Å². The summed E-state index contributed by atoms with van der Waals surface area (Å²) in [7, 11) is -10.8. The molecule has 0 aliphatic carbocycles. The van der Waals surface area contributed by atoms with Gasteiger partial charge in [-0.25, -0.2) is 0 Å². The standard InChI is InChI=1S/Fe.Li.2H3O4P.Y/c;;2*1-5(2,3)4;/h;;2*(H3,1,2,3,4);/q+2;+1;;;+3/p-6. The van der Waals surface area contributed by atoms with Crippen LogP contribution in [-0.2, 0) is 58.9 Å². The van der Waals surface area contributed by atoms with Gasteiger partial charge in [0.15, 0.2) is 0 Å². The van der Waals surface area contributed by atoms with Crippen LogP contribution in [-0.4, -0.2) is 0 Å². The Bertz CT molecular complexity index is 134. The first kappa shape index (κ1) is 29.5.